The quantitative estimate of drug-likeness (QED) is 0.778. The number of nitrogens with one attached hydrogen (secondary N) is 2. The molecular weight excluding hydrogens is 276 g/mol. The number of aliphatic hydroxyl groups excluding tert-OH is 1. The van der Waals surface area contributed by atoms with Gasteiger partial charge in [-0.05, 0) is 56.7 Å². The summed E-state index contributed by atoms with van der Waals surface area (Å²) < 4.78 is 0. The number of fused-ring (bicyclic) bond motifs is 1. The fourth-order valence-electron chi connectivity index (χ4n) is 4.07. The highest BCUT2D eigenvalue weighted by Gasteiger charge is 2.31. The van der Waals surface area contributed by atoms with Crippen LogP contribution in [-0.2, 0) is 12.8 Å². The number of aromatic nitrogens is 2. The molecule has 0 radical (unpaired) electrons. The summed E-state index contributed by atoms with van der Waals surface area (Å²) in [5.41, 5.74) is 4.18. The lowest BCUT2D eigenvalue weighted by molar-refractivity contribution is 0.0517. The minimum Gasteiger partial charge on any atom is -0.392 e. The van der Waals surface area contributed by atoms with E-state index >= 15 is 0 Å². The van der Waals surface area contributed by atoms with Crippen LogP contribution < -0.4 is 5.32 Å². The first-order valence-corrected chi connectivity index (χ1v) is 8.98. The second kappa shape index (κ2) is 6.30. The van der Waals surface area contributed by atoms with Crippen molar-refractivity contribution >= 4 is 0 Å². The Morgan fingerprint density at radius 3 is 2.68 bits per heavy atom. The Labute approximate surface area is 132 Å². The van der Waals surface area contributed by atoms with Crippen LogP contribution in [0, 0.1) is 5.92 Å². The van der Waals surface area contributed by atoms with E-state index in [0.717, 1.165) is 64.3 Å². The van der Waals surface area contributed by atoms with Crippen molar-refractivity contribution in [1.82, 2.24) is 20.4 Å². The molecule has 1 aromatic heterocycles. The molecule has 2 fully saturated rings. The number of β-amino-alcohol motifs (C(OH)–C–C–N with tert-alkyl or cyclic N) is 1. The summed E-state index contributed by atoms with van der Waals surface area (Å²) in [6.45, 7) is 5.06. The molecule has 22 heavy (non-hydrogen) atoms. The number of nitrogens with zero attached hydrogens (tertiary/aromatic N) is 2. The molecule has 2 aliphatic heterocycles. The third-order valence-corrected chi connectivity index (χ3v) is 5.68. The molecule has 1 saturated carbocycles. The Morgan fingerprint density at radius 2 is 1.91 bits per heavy atom. The summed E-state index contributed by atoms with van der Waals surface area (Å²) in [4.78, 5) is 2.46. The largest absolute Gasteiger partial charge is 0.392 e. The molecule has 0 amide bonds. The fraction of sp³-hybridized carbons (Fsp3) is 0.824. The monoisotopic (exact) mass is 304 g/mol. The van der Waals surface area contributed by atoms with Crippen LogP contribution in [0.3, 0.4) is 0 Å². The van der Waals surface area contributed by atoms with E-state index in [4.69, 9.17) is 0 Å². The zero-order valence-corrected chi connectivity index (χ0v) is 13.4. The molecule has 122 valence electrons. The Morgan fingerprint density at radius 1 is 1.14 bits per heavy atom. The van der Waals surface area contributed by atoms with E-state index in [1.807, 2.05) is 0 Å². The zero-order valence-electron chi connectivity index (χ0n) is 13.4. The standard InChI is InChI=1S/C17H28N4O/c22-16(12-3-7-18-8-4-12)11-21-9-5-14-15(6-10-21)19-20-17(14)13-1-2-13/h12-13,16,18,22H,1-11H2,(H,19,20). The lowest BCUT2D eigenvalue weighted by Gasteiger charge is -2.31. The molecule has 3 heterocycles. The zero-order chi connectivity index (χ0) is 14.9. The van der Waals surface area contributed by atoms with Crippen LogP contribution in [0.1, 0.15) is 48.6 Å². The second-order valence-electron chi connectivity index (χ2n) is 7.30. The number of hydrogen-bond donors (Lipinski definition) is 3. The SMILES string of the molecule is OC(CN1CCc2[nH]nc(C3CC3)c2CC1)C1CCNCC1. The minimum absolute atomic E-state index is 0.167. The highest BCUT2D eigenvalue weighted by Crippen LogP contribution is 2.41. The van der Waals surface area contributed by atoms with Crippen LogP contribution >= 0.6 is 0 Å². The molecule has 4 rings (SSSR count). The highest BCUT2D eigenvalue weighted by atomic mass is 16.3. The van der Waals surface area contributed by atoms with Gasteiger partial charge < -0.3 is 15.3 Å². The number of aliphatic hydroxyl groups is 1. The maximum absolute atomic E-state index is 10.5. The molecule has 0 spiro atoms. The molecule has 0 aromatic carbocycles. The Balaban J connectivity index is 1.35. The van der Waals surface area contributed by atoms with Gasteiger partial charge in [0.2, 0.25) is 0 Å². The molecule has 1 aliphatic carbocycles. The third-order valence-electron chi connectivity index (χ3n) is 5.68. The number of hydrogen-bond acceptors (Lipinski definition) is 4. The van der Waals surface area contributed by atoms with E-state index in [9.17, 15) is 5.11 Å². The van der Waals surface area contributed by atoms with Gasteiger partial charge in [0.1, 0.15) is 0 Å². The predicted octanol–water partition coefficient (Wildman–Crippen LogP) is 1.05. The molecule has 3 N–H and O–H groups in total. The summed E-state index contributed by atoms with van der Waals surface area (Å²) in [6, 6.07) is 0. The average molecular weight is 304 g/mol. The first kappa shape index (κ1) is 14.7. The van der Waals surface area contributed by atoms with E-state index in [1.54, 1.807) is 0 Å². The van der Waals surface area contributed by atoms with Crippen LogP contribution in [-0.4, -0.2) is 59.0 Å². The summed E-state index contributed by atoms with van der Waals surface area (Å²) in [5.74, 6) is 1.21. The fourth-order valence-corrected chi connectivity index (χ4v) is 4.07. The Hall–Kier alpha value is -0.910. The maximum atomic E-state index is 10.5. The van der Waals surface area contributed by atoms with E-state index in [0.29, 0.717) is 5.92 Å². The van der Waals surface area contributed by atoms with E-state index in [2.05, 4.69) is 20.4 Å². The maximum Gasteiger partial charge on any atom is 0.0696 e. The van der Waals surface area contributed by atoms with Crippen LogP contribution in [0.5, 0.6) is 0 Å². The van der Waals surface area contributed by atoms with Gasteiger partial charge in [-0.1, -0.05) is 0 Å². The predicted molar refractivity (Wildman–Crippen MR) is 86.0 cm³/mol. The number of rotatable bonds is 4. The van der Waals surface area contributed by atoms with Crippen molar-refractivity contribution in [2.24, 2.45) is 5.92 Å². The molecular formula is C17H28N4O. The smallest absolute Gasteiger partial charge is 0.0696 e. The van der Waals surface area contributed by atoms with Crippen molar-refractivity contribution in [2.45, 2.75) is 50.5 Å². The molecule has 5 heteroatoms. The minimum atomic E-state index is -0.167. The van der Waals surface area contributed by atoms with Crippen molar-refractivity contribution in [3.63, 3.8) is 0 Å². The van der Waals surface area contributed by atoms with Crippen LogP contribution in [0.2, 0.25) is 0 Å². The number of aromatic amines is 1. The average Bonchev–Trinajstić information content (AvgIpc) is 3.35. The summed E-state index contributed by atoms with van der Waals surface area (Å²) in [5, 5.41) is 21.8. The van der Waals surface area contributed by atoms with Crippen molar-refractivity contribution in [3.05, 3.63) is 17.0 Å². The molecule has 1 unspecified atom stereocenters. The topological polar surface area (TPSA) is 64.2 Å². The van der Waals surface area contributed by atoms with Gasteiger partial charge in [0.15, 0.2) is 0 Å². The van der Waals surface area contributed by atoms with Gasteiger partial charge >= 0.3 is 0 Å². The highest BCUT2D eigenvalue weighted by molar-refractivity contribution is 5.32. The molecule has 1 atom stereocenters. The molecule has 0 bridgehead atoms. The Kier molecular flexibility index (Phi) is 4.20. The summed E-state index contributed by atoms with van der Waals surface area (Å²) >= 11 is 0. The van der Waals surface area contributed by atoms with Gasteiger partial charge in [-0.15, -0.1) is 0 Å². The molecule has 3 aliphatic rings. The first-order chi connectivity index (χ1) is 10.8. The molecule has 1 saturated heterocycles. The number of piperidine rings is 1. The molecule has 1 aromatic rings. The van der Waals surface area contributed by atoms with E-state index in [1.165, 1.54) is 29.8 Å². The third kappa shape index (κ3) is 3.07. The van der Waals surface area contributed by atoms with Crippen LogP contribution in [0.15, 0.2) is 0 Å². The second-order valence-corrected chi connectivity index (χ2v) is 7.30. The normalized spacial score (nSPS) is 25.7. The van der Waals surface area contributed by atoms with Gasteiger partial charge in [-0.2, -0.15) is 5.10 Å². The van der Waals surface area contributed by atoms with E-state index in [-0.39, 0.29) is 6.10 Å². The van der Waals surface area contributed by atoms with Gasteiger partial charge in [-0.25, -0.2) is 0 Å². The van der Waals surface area contributed by atoms with Gasteiger partial charge in [0, 0.05) is 37.7 Å². The Bertz CT molecular complexity index is 505. The van der Waals surface area contributed by atoms with Crippen molar-refractivity contribution in [2.75, 3.05) is 32.7 Å². The first-order valence-electron chi connectivity index (χ1n) is 8.98. The lowest BCUT2D eigenvalue weighted by Crippen LogP contribution is -2.41. The van der Waals surface area contributed by atoms with Crippen LogP contribution in [0.4, 0.5) is 0 Å². The van der Waals surface area contributed by atoms with Gasteiger partial charge in [0.05, 0.1) is 11.8 Å². The van der Waals surface area contributed by atoms with Crippen LogP contribution in [0.25, 0.3) is 0 Å². The molecule has 5 nitrogen and oxygen atoms in total. The van der Waals surface area contributed by atoms with E-state index < -0.39 is 0 Å². The van der Waals surface area contributed by atoms with Crippen molar-refractivity contribution < 1.29 is 5.11 Å². The number of H-pyrrole nitrogens is 1. The van der Waals surface area contributed by atoms with Crippen molar-refractivity contribution in [1.29, 1.82) is 0 Å². The lowest BCUT2D eigenvalue weighted by atomic mass is 9.92. The van der Waals surface area contributed by atoms with Gasteiger partial charge in [0.25, 0.3) is 0 Å². The van der Waals surface area contributed by atoms with Crippen molar-refractivity contribution in [3.8, 4) is 0 Å². The summed E-state index contributed by atoms with van der Waals surface area (Å²) in [7, 11) is 0. The summed E-state index contributed by atoms with van der Waals surface area (Å²) in [6.07, 6.45) is 6.84. The van der Waals surface area contributed by atoms with Gasteiger partial charge in [-0.3, -0.25) is 5.10 Å².